The van der Waals surface area contributed by atoms with Crippen molar-refractivity contribution in [1.82, 2.24) is 15.2 Å². The van der Waals surface area contributed by atoms with Crippen LogP contribution in [-0.4, -0.2) is 28.3 Å². The van der Waals surface area contributed by atoms with E-state index in [2.05, 4.69) is 27.0 Å². The van der Waals surface area contributed by atoms with E-state index in [4.69, 9.17) is 5.73 Å². The number of piperidine rings is 1. The van der Waals surface area contributed by atoms with Crippen LogP contribution in [0.2, 0.25) is 0 Å². The Balaban J connectivity index is 2.08. The molecule has 14 heavy (non-hydrogen) atoms. The molecule has 0 saturated carbocycles. The molecule has 0 bridgehead atoms. The van der Waals surface area contributed by atoms with Gasteiger partial charge < -0.3 is 10.6 Å². The van der Waals surface area contributed by atoms with Crippen molar-refractivity contribution in [2.75, 3.05) is 23.7 Å². The third kappa shape index (κ3) is 1.92. The fourth-order valence-corrected chi connectivity index (χ4v) is 1.65. The first-order valence-electron chi connectivity index (χ1n) is 4.96. The van der Waals surface area contributed by atoms with Gasteiger partial charge in [-0.15, -0.1) is 5.10 Å². The van der Waals surface area contributed by atoms with Gasteiger partial charge in [0.25, 0.3) is 0 Å². The SMILES string of the molecule is CC1CCN(c2nncc(N)n2)CC1. The van der Waals surface area contributed by atoms with Gasteiger partial charge in [0.15, 0.2) is 0 Å². The third-order valence-corrected chi connectivity index (χ3v) is 2.63. The minimum Gasteiger partial charge on any atom is -0.382 e. The molecule has 0 aliphatic carbocycles. The van der Waals surface area contributed by atoms with Crippen molar-refractivity contribution in [2.24, 2.45) is 5.92 Å². The minimum atomic E-state index is 0.439. The van der Waals surface area contributed by atoms with Crippen LogP contribution in [0.5, 0.6) is 0 Å². The molecule has 5 nitrogen and oxygen atoms in total. The van der Waals surface area contributed by atoms with Crippen molar-refractivity contribution in [3.8, 4) is 0 Å². The largest absolute Gasteiger partial charge is 0.382 e. The summed E-state index contributed by atoms with van der Waals surface area (Å²) in [6.45, 7) is 4.29. The van der Waals surface area contributed by atoms with E-state index in [1.807, 2.05) is 0 Å². The van der Waals surface area contributed by atoms with Crippen LogP contribution in [0.1, 0.15) is 19.8 Å². The number of aromatic nitrogens is 3. The van der Waals surface area contributed by atoms with E-state index >= 15 is 0 Å². The molecule has 0 spiro atoms. The van der Waals surface area contributed by atoms with E-state index in [1.54, 1.807) is 0 Å². The second kappa shape index (κ2) is 3.77. The zero-order chi connectivity index (χ0) is 9.97. The van der Waals surface area contributed by atoms with Crippen molar-refractivity contribution in [3.05, 3.63) is 6.20 Å². The molecule has 1 aromatic heterocycles. The average Bonchev–Trinajstić information content (AvgIpc) is 2.19. The molecule has 1 aromatic rings. The molecule has 2 heterocycles. The van der Waals surface area contributed by atoms with Crippen LogP contribution in [0.15, 0.2) is 6.20 Å². The van der Waals surface area contributed by atoms with Gasteiger partial charge in [0.1, 0.15) is 5.82 Å². The second-order valence-electron chi connectivity index (χ2n) is 3.85. The second-order valence-corrected chi connectivity index (χ2v) is 3.85. The van der Waals surface area contributed by atoms with Gasteiger partial charge >= 0.3 is 0 Å². The Kier molecular flexibility index (Phi) is 2.47. The van der Waals surface area contributed by atoms with Gasteiger partial charge in [-0.25, -0.2) is 0 Å². The van der Waals surface area contributed by atoms with E-state index in [1.165, 1.54) is 19.0 Å². The lowest BCUT2D eigenvalue weighted by Crippen LogP contribution is -2.34. The highest BCUT2D eigenvalue weighted by atomic mass is 15.3. The van der Waals surface area contributed by atoms with Crippen LogP contribution >= 0.6 is 0 Å². The lowest BCUT2D eigenvalue weighted by Gasteiger charge is -2.29. The molecule has 76 valence electrons. The van der Waals surface area contributed by atoms with E-state index in [0.717, 1.165) is 19.0 Å². The van der Waals surface area contributed by atoms with Crippen molar-refractivity contribution in [3.63, 3.8) is 0 Å². The lowest BCUT2D eigenvalue weighted by atomic mass is 10.00. The summed E-state index contributed by atoms with van der Waals surface area (Å²) in [6.07, 6.45) is 3.85. The average molecular weight is 193 g/mol. The molecule has 2 N–H and O–H groups in total. The molecular formula is C9H15N5. The van der Waals surface area contributed by atoms with Gasteiger partial charge in [-0.1, -0.05) is 6.92 Å². The quantitative estimate of drug-likeness (QED) is 0.710. The summed E-state index contributed by atoms with van der Waals surface area (Å²) in [6, 6.07) is 0. The molecule has 1 fully saturated rings. The van der Waals surface area contributed by atoms with Gasteiger partial charge in [0, 0.05) is 13.1 Å². The number of hydrogen-bond acceptors (Lipinski definition) is 5. The number of hydrogen-bond donors (Lipinski definition) is 1. The normalized spacial score (nSPS) is 18.5. The smallest absolute Gasteiger partial charge is 0.247 e. The molecule has 2 rings (SSSR count). The highest BCUT2D eigenvalue weighted by Gasteiger charge is 2.18. The molecule has 1 saturated heterocycles. The molecule has 5 heteroatoms. The summed E-state index contributed by atoms with van der Waals surface area (Å²) in [7, 11) is 0. The fourth-order valence-electron chi connectivity index (χ4n) is 1.65. The predicted octanol–water partition coefficient (Wildman–Crippen LogP) is 0.690. The molecule has 0 radical (unpaired) electrons. The van der Waals surface area contributed by atoms with Crippen molar-refractivity contribution < 1.29 is 0 Å². The van der Waals surface area contributed by atoms with Crippen LogP contribution in [0.25, 0.3) is 0 Å². The molecule has 0 aromatic carbocycles. The van der Waals surface area contributed by atoms with Crippen LogP contribution < -0.4 is 10.6 Å². The highest BCUT2D eigenvalue weighted by Crippen LogP contribution is 2.19. The molecule has 1 aliphatic heterocycles. The maximum atomic E-state index is 5.55. The van der Waals surface area contributed by atoms with Crippen LogP contribution in [-0.2, 0) is 0 Å². The summed E-state index contributed by atoms with van der Waals surface area (Å²) >= 11 is 0. The zero-order valence-corrected chi connectivity index (χ0v) is 8.35. The monoisotopic (exact) mass is 193 g/mol. The van der Waals surface area contributed by atoms with E-state index in [0.29, 0.717) is 11.8 Å². The third-order valence-electron chi connectivity index (χ3n) is 2.63. The van der Waals surface area contributed by atoms with Crippen LogP contribution in [0.4, 0.5) is 11.8 Å². The molecule has 0 amide bonds. The standard InChI is InChI=1S/C9H15N5/c1-7-2-4-14(5-3-7)9-12-8(10)6-11-13-9/h6-7H,2-5H2,1H3,(H2,10,12,13). The Morgan fingerprint density at radius 1 is 1.43 bits per heavy atom. The first kappa shape index (κ1) is 9.18. The van der Waals surface area contributed by atoms with Crippen molar-refractivity contribution >= 4 is 11.8 Å². The fraction of sp³-hybridized carbons (Fsp3) is 0.667. The topological polar surface area (TPSA) is 67.9 Å². The van der Waals surface area contributed by atoms with Crippen LogP contribution in [0, 0.1) is 5.92 Å². The summed E-state index contributed by atoms with van der Waals surface area (Å²) in [5.41, 5.74) is 5.55. The molecule has 1 aliphatic rings. The Hall–Kier alpha value is -1.39. The van der Waals surface area contributed by atoms with Crippen molar-refractivity contribution in [1.29, 1.82) is 0 Å². The summed E-state index contributed by atoms with van der Waals surface area (Å²) in [4.78, 5) is 6.29. The number of nitrogens with two attached hydrogens (primary N) is 1. The summed E-state index contributed by atoms with van der Waals surface area (Å²) < 4.78 is 0. The van der Waals surface area contributed by atoms with Gasteiger partial charge in [0.05, 0.1) is 6.20 Å². The Bertz CT molecular complexity index is 306. The van der Waals surface area contributed by atoms with E-state index in [9.17, 15) is 0 Å². The highest BCUT2D eigenvalue weighted by molar-refractivity contribution is 5.35. The molecular weight excluding hydrogens is 178 g/mol. The van der Waals surface area contributed by atoms with Gasteiger partial charge in [0.2, 0.25) is 5.95 Å². The Labute approximate surface area is 83.3 Å². The maximum Gasteiger partial charge on any atom is 0.247 e. The zero-order valence-electron chi connectivity index (χ0n) is 8.35. The first-order valence-corrected chi connectivity index (χ1v) is 4.96. The van der Waals surface area contributed by atoms with Gasteiger partial charge in [-0.3, -0.25) is 0 Å². The maximum absolute atomic E-state index is 5.55. The Morgan fingerprint density at radius 3 is 2.79 bits per heavy atom. The van der Waals surface area contributed by atoms with Gasteiger partial charge in [-0.05, 0) is 18.8 Å². The molecule has 0 atom stereocenters. The minimum absolute atomic E-state index is 0.439. The summed E-state index contributed by atoms with van der Waals surface area (Å²) in [5.74, 6) is 1.91. The number of rotatable bonds is 1. The summed E-state index contributed by atoms with van der Waals surface area (Å²) in [5, 5.41) is 7.77. The van der Waals surface area contributed by atoms with E-state index in [-0.39, 0.29) is 0 Å². The van der Waals surface area contributed by atoms with Crippen molar-refractivity contribution in [2.45, 2.75) is 19.8 Å². The number of anilines is 2. The first-order chi connectivity index (χ1) is 6.75. The van der Waals surface area contributed by atoms with Crippen LogP contribution in [0.3, 0.4) is 0 Å². The number of nitrogens with zero attached hydrogens (tertiary/aromatic N) is 4. The predicted molar refractivity (Wildman–Crippen MR) is 54.9 cm³/mol. The Morgan fingerprint density at radius 2 is 2.14 bits per heavy atom. The lowest BCUT2D eigenvalue weighted by molar-refractivity contribution is 0.433. The molecule has 0 unspecified atom stereocenters. The van der Waals surface area contributed by atoms with E-state index < -0.39 is 0 Å². The van der Waals surface area contributed by atoms with Gasteiger partial charge in [-0.2, -0.15) is 10.1 Å². The number of nitrogen functional groups attached to an aromatic ring is 1.